The van der Waals surface area contributed by atoms with Crippen LogP contribution in [0.2, 0.25) is 0 Å². The molecular weight excluding hydrogens is 316 g/mol. The molecule has 0 spiro atoms. The molecule has 1 atom stereocenters. The highest BCUT2D eigenvalue weighted by Gasteiger charge is 2.25. The SMILES string of the molecule is COc1ccccc1C(c1ccc(SC)cc1)N1CCCNCC1. The molecule has 2 aromatic rings. The first-order valence-corrected chi connectivity index (χ1v) is 9.77. The zero-order valence-corrected chi connectivity index (χ0v) is 15.3. The van der Waals surface area contributed by atoms with Crippen molar-refractivity contribution in [1.29, 1.82) is 0 Å². The normalized spacial score (nSPS) is 17.2. The minimum absolute atomic E-state index is 0.233. The van der Waals surface area contributed by atoms with Gasteiger partial charge in [0, 0.05) is 30.1 Å². The lowest BCUT2D eigenvalue weighted by Gasteiger charge is -2.32. The second kappa shape index (κ2) is 8.56. The summed E-state index contributed by atoms with van der Waals surface area (Å²) < 4.78 is 5.67. The maximum Gasteiger partial charge on any atom is 0.123 e. The van der Waals surface area contributed by atoms with Crippen molar-refractivity contribution in [2.75, 3.05) is 39.5 Å². The minimum atomic E-state index is 0.233. The Hall–Kier alpha value is -1.49. The van der Waals surface area contributed by atoms with E-state index in [1.807, 2.05) is 6.07 Å². The van der Waals surface area contributed by atoms with Gasteiger partial charge in [-0.15, -0.1) is 11.8 Å². The molecule has 1 unspecified atom stereocenters. The van der Waals surface area contributed by atoms with Crippen LogP contribution in [-0.4, -0.2) is 44.4 Å². The molecule has 0 aromatic heterocycles. The largest absolute Gasteiger partial charge is 0.496 e. The number of methoxy groups -OCH3 is 1. The van der Waals surface area contributed by atoms with Gasteiger partial charge in [-0.05, 0) is 43.0 Å². The van der Waals surface area contributed by atoms with Crippen molar-refractivity contribution < 1.29 is 4.74 Å². The fraction of sp³-hybridized carbons (Fsp3) is 0.400. The lowest BCUT2D eigenvalue weighted by atomic mass is 9.96. The zero-order valence-electron chi connectivity index (χ0n) is 14.5. The number of nitrogens with one attached hydrogen (secondary N) is 1. The lowest BCUT2D eigenvalue weighted by Crippen LogP contribution is -2.33. The van der Waals surface area contributed by atoms with Crippen molar-refractivity contribution in [3.05, 3.63) is 59.7 Å². The Morgan fingerprint density at radius 1 is 1.04 bits per heavy atom. The van der Waals surface area contributed by atoms with E-state index in [9.17, 15) is 0 Å². The Balaban J connectivity index is 2.01. The lowest BCUT2D eigenvalue weighted by molar-refractivity contribution is 0.236. The van der Waals surface area contributed by atoms with Gasteiger partial charge in [0.05, 0.1) is 13.2 Å². The third-order valence-electron chi connectivity index (χ3n) is 4.60. The molecule has 1 aliphatic heterocycles. The van der Waals surface area contributed by atoms with Crippen LogP contribution in [0.15, 0.2) is 53.4 Å². The number of thioether (sulfide) groups is 1. The first-order chi connectivity index (χ1) is 11.8. The van der Waals surface area contributed by atoms with Gasteiger partial charge in [0.2, 0.25) is 0 Å². The van der Waals surface area contributed by atoms with Gasteiger partial charge in [-0.25, -0.2) is 0 Å². The van der Waals surface area contributed by atoms with Gasteiger partial charge >= 0.3 is 0 Å². The number of ether oxygens (including phenoxy) is 1. The highest BCUT2D eigenvalue weighted by atomic mass is 32.2. The van der Waals surface area contributed by atoms with Crippen LogP contribution < -0.4 is 10.1 Å². The molecule has 0 aliphatic carbocycles. The van der Waals surface area contributed by atoms with Crippen molar-refractivity contribution in [2.24, 2.45) is 0 Å². The van der Waals surface area contributed by atoms with Gasteiger partial charge in [0.15, 0.2) is 0 Å². The molecule has 2 aromatic carbocycles. The predicted octanol–water partition coefficient (Wildman–Crippen LogP) is 3.80. The van der Waals surface area contributed by atoms with E-state index in [0.29, 0.717) is 0 Å². The molecule has 1 N–H and O–H groups in total. The van der Waals surface area contributed by atoms with Crippen LogP contribution >= 0.6 is 11.8 Å². The van der Waals surface area contributed by atoms with Crippen LogP contribution in [0.4, 0.5) is 0 Å². The van der Waals surface area contributed by atoms with E-state index < -0.39 is 0 Å². The highest BCUT2D eigenvalue weighted by molar-refractivity contribution is 7.98. The van der Waals surface area contributed by atoms with Crippen molar-refractivity contribution in [1.82, 2.24) is 10.2 Å². The van der Waals surface area contributed by atoms with Crippen molar-refractivity contribution in [3.8, 4) is 5.75 Å². The summed E-state index contributed by atoms with van der Waals surface area (Å²) in [5.41, 5.74) is 2.58. The molecule has 0 bridgehead atoms. The third kappa shape index (κ3) is 3.94. The molecule has 0 radical (unpaired) electrons. The molecule has 1 aliphatic rings. The Kier molecular flexibility index (Phi) is 6.18. The molecule has 128 valence electrons. The summed E-state index contributed by atoms with van der Waals surface area (Å²) in [6, 6.07) is 17.6. The molecule has 3 rings (SSSR count). The number of para-hydroxylation sites is 1. The third-order valence-corrected chi connectivity index (χ3v) is 5.35. The second-order valence-corrected chi connectivity index (χ2v) is 6.94. The maximum atomic E-state index is 5.67. The van der Waals surface area contributed by atoms with Gasteiger partial charge in [-0.2, -0.15) is 0 Å². The summed E-state index contributed by atoms with van der Waals surface area (Å²) >= 11 is 1.78. The molecule has 1 fully saturated rings. The molecular formula is C20H26N2OS. The topological polar surface area (TPSA) is 24.5 Å². The Morgan fingerprint density at radius 3 is 2.58 bits per heavy atom. The van der Waals surface area contributed by atoms with Crippen LogP contribution in [-0.2, 0) is 0 Å². The quantitative estimate of drug-likeness (QED) is 0.835. The van der Waals surface area contributed by atoms with Crippen LogP contribution in [0.5, 0.6) is 5.75 Å². The maximum absolute atomic E-state index is 5.67. The second-order valence-electron chi connectivity index (χ2n) is 6.06. The number of nitrogens with zero attached hydrogens (tertiary/aromatic N) is 1. The number of hydrogen-bond acceptors (Lipinski definition) is 4. The summed E-state index contributed by atoms with van der Waals surface area (Å²) in [5.74, 6) is 0.966. The zero-order chi connectivity index (χ0) is 16.8. The van der Waals surface area contributed by atoms with E-state index in [0.717, 1.165) is 31.9 Å². The summed E-state index contributed by atoms with van der Waals surface area (Å²) in [6.45, 7) is 4.28. The minimum Gasteiger partial charge on any atom is -0.496 e. The van der Waals surface area contributed by atoms with Gasteiger partial charge in [0.25, 0.3) is 0 Å². The van der Waals surface area contributed by atoms with Crippen molar-refractivity contribution in [2.45, 2.75) is 17.4 Å². The van der Waals surface area contributed by atoms with Gasteiger partial charge in [0.1, 0.15) is 5.75 Å². The predicted molar refractivity (Wildman–Crippen MR) is 102 cm³/mol. The van der Waals surface area contributed by atoms with E-state index in [1.165, 1.54) is 22.4 Å². The van der Waals surface area contributed by atoms with Crippen LogP contribution in [0.3, 0.4) is 0 Å². The fourth-order valence-corrected chi connectivity index (χ4v) is 3.80. The Labute approximate surface area is 149 Å². The van der Waals surface area contributed by atoms with E-state index in [4.69, 9.17) is 4.74 Å². The molecule has 0 saturated carbocycles. The average Bonchev–Trinajstić information content (AvgIpc) is 2.92. The smallest absolute Gasteiger partial charge is 0.123 e. The molecule has 1 heterocycles. The monoisotopic (exact) mass is 342 g/mol. The average molecular weight is 343 g/mol. The molecule has 1 saturated heterocycles. The Morgan fingerprint density at radius 2 is 1.83 bits per heavy atom. The van der Waals surface area contributed by atoms with Gasteiger partial charge in [-0.3, -0.25) is 4.90 Å². The van der Waals surface area contributed by atoms with Gasteiger partial charge in [-0.1, -0.05) is 30.3 Å². The van der Waals surface area contributed by atoms with E-state index >= 15 is 0 Å². The van der Waals surface area contributed by atoms with Crippen molar-refractivity contribution in [3.63, 3.8) is 0 Å². The fourth-order valence-electron chi connectivity index (χ4n) is 3.39. The van der Waals surface area contributed by atoms with Crippen LogP contribution in [0.25, 0.3) is 0 Å². The standard InChI is InChI=1S/C20H26N2OS/c1-23-19-7-4-3-6-18(19)20(22-14-5-12-21-13-15-22)16-8-10-17(24-2)11-9-16/h3-4,6-11,20-21H,5,12-15H2,1-2H3. The summed E-state index contributed by atoms with van der Waals surface area (Å²) in [7, 11) is 1.76. The van der Waals surface area contributed by atoms with Crippen molar-refractivity contribution >= 4 is 11.8 Å². The summed E-state index contributed by atoms with van der Waals surface area (Å²) in [5, 5.41) is 3.51. The summed E-state index contributed by atoms with van der Waals surface area (Å²) in [6.07, 6.45) is 3.29. The molecule has 3 nitrogen and oxygen atoms in total. The highest BCUT2D eigenvalue weighted by Crippen LogP contribution is 2.35. The van der Waals surface area contributed by atoms with E-state index in [2.05, 4.69) is 58.9 Å². The summed E-state index contributed by atoms with van der Waals surface area (Å²) in [4.78, 5) is 3.88. The first kappa shape index (κ1) is 17.3. The first-order valence-electron chi connectivity index (χ1n) is 8.55. The van der Waals surface area contributed by atoms with E-state index in [1.54, 1.807) is 18.9 Å². The van der Waals surface area contributed by atoms with Crippen LogP contribution in [0.1, 0.15) is 23.6 Å². The van der Waals surface area contributed by atoms with E-state index in [-0.39, 0.29) is 6.04 Å². The van der Waals surface area contributed by atoms with Gasteiger partial charge < -0.3 is 10.1 Å². The number of hydrogen-bond donors (Lipinski definition) is 1. The Bertz CT molecular complexity index is 636. The number of benzene rings is 2. The van der Waals surface area contributed by atoms with Crippen LogP contribution in [0, 0.1) is 0 Å². The molecule has 4 heteroatoms. The number of rotatable bonds is 5. The molecule has 24 heavy (non-hydrogen) atoms. The molecule has 0 amide bonds.